The monoisotopic (exact) mass is 226 g/mol. The summed E-state index contributed by atoms with van der Waals surface area (Å²) in [5.41, 5.74) is 4.92. The molecule has 0 atom stereocenters. The van der Waals surface area contributed by atoms with Gasteiger partial charge in [-0.15, -0.1) is 0 Å². The molecular weight excluding hydrogens is 208 g/mol. The van der Waals surface area contributed by atoms with E-state index in [-0.39, 0.29) is 0 Å². The molecule has 0 aliphatic carbocycles. The van der Waals surface area contributed by atoms with E-state index in [1.54, 1.807) is 0 Å². The van der Waals surface area contributed by atoms with Gasteiger partial charge in [0.2, 0.25) is 0 Å². The molecule has 2 N–H and O–H groups in total. The second-order valence-corrected chi connectivity index (χ2v) is 4.08. The molecule has 2 nitrogen and oxygen atoms in total. The maximum absolute atomic E-state index is 3.46. The summed E-state index contributed by atoms with van der Waals surface area (Å²) in [6.07, 6.45) is 0. The third-order valence-corrected chi connectivity index (χ3v) is 2.90. The Bertz CT molecular complexity index is 492. The molecule has 2 aromatic carbocycles. The molecule has 0 fully saturated rings. The van der Waals surface area contributed by atoms with E-state index in [2.05, 4.69) is 60.0 Å². The Hall–Kier alpha value is -1.96. The van der Waals surface area contributed by atoms with Crippen LogP contribution in [0, 0.1) is 6.92 Å². The summed E-state index contributed by atoms with van der Waals surface area (Å²) in [5, 5.41) is 6.67. The summed E-state index contributed by atoms with van der Waals surface area (Å²) in [4.78, 5) is 0. The van der Waals surface area contributed by atoms with Crippen LogP contribution in [0.15, 0.2) is 48.5 Å². The second kappa shape index (κ2) is 5.39. The summed E-state index contributed by atoms with van der Waals surface area (Å²) in [6, 6.07) is 16.7. The Morgan fingerprint density at radius 3 is 2.24 bits per heavy atom. The highest BCUT2D eigenvalue weighted by Crippen LogP contribution is 2.18. The molecule has 2 heteroatoms. The second-order valence-electron chi connectivity index (χ2n) is 4.08. The zero-order chi connectivity index (χ0) is 12.1. The molecule has 0 unspecified atom stereocenters. The largest absolute Gasteiger partial charge is 0.388 e. The first-order chi connectivity index (χ1) is 8.31. The summed E-state index contributed by atoms with van der Waals surface area (Å²) in [7, 11) is 1.95. The van der Waals surface area contributed by atoms with Gasteiger partial charge in [-0.3, -0.25) is 0 Å². The zero-order valence-electron chi connectivity index (χ0n) is 10.3. The van der Waals surface area contributed by atoms with Crippen LogP contribution in [0.5, 0.6) is 0 Å². The van der Waals surface area contributed by atoms with Crippen LogP contribution in [-0.2, 0) is 6.54 Å². The normalized spacial score (nSPS) is 10.0. The van der Waals surface area contributed by atoms with Crippen LogP contribution in [0.4, 0.5) is 11.4 Å². The van der Waals surface area contributed by atoms with Gasteiger partial charge in [-0.05, 0) is 30.2 Å². The molecule has 2 rings (SSSR count). The lowest BCUT2D eigenvalue weighted by atomic mass is 10.1. The van der Waals surface area contributed by atoms with Crippen molar-refractivity contribution in [3.8, 4) is 0 Å². The number of para-hydroxylation sites is 2. The van der Waals surface area contributed by atoms with E-state index in [0.29, 0.717) is 0 Å². The van der Waals surface area contributed by atoms with Gasteiger partial charge >= 0.3 is 0 Å². The van der Waals surface area contributed by atoms with Gasteiger partial charge in [0.05, 0.1) is 0 Å². The molecule has 0 heterocycles. The quantitative estimate of drug-likeness (QED) is 0.831. The Kier molecular flexibility index (Phi) is 3.66. The van der Waals surface area contributed by atoms with Crippen LogP contribution in [-0.4, -0.2) is 7.05 Å². The minimum atomic E-state index is 0.835. The van der Waals surface area contributed by atoms with Crippen molar-refractivity contribution < 1.29 is 0 Å². The lowest BCUT2D eigenvalue weighted by Crippen LogP contribution is -2.03. The van der Waals surface area contributed by atoms with Crippen molar-refractivity contribution in [2.45, 2.75) is 13.5 Å². The highest BCUT2D eigenvalue weighted by molar-refractivity contribution is 5.55. The Morgan fingerprint density at radius 2 is 1.53 bits per heavy atom. The number of nitrogens with one attached hydrogen (secondary N) is 2. The van der Waals surface area contributed by atoms with Crippen molar-refractivity contribution >= 4 is 11.4 Å². The van der Waals surface area contributed by atoms with Crippen LogP contribution >= 0.6 is 0 Å². The lowest BCUT2D eigenvalue weighted by Gasteiger charge is -2.12. The predicted molar refractivity (Wildman–Crippen MR) is 74.5 cm³/mol. The molecule has 0 aliphatic rings. The summed E-state index contributed by atoms with van der Waals surface area (Å²) < 4.78 is 0. The van der Waals surface area contributed by atoms with Gasteiger partial charge in [-0.2, -0.15) is 0 Å². The van der Waals surface area contributed by atoms with Crippen LogP contribution < -0.4 is 10.6 Å². The van der Waals surface area contributed by atoms with Gasteiger partial charge in [0, 0.05) is 25.0 Å². The molecule has 17 heavy (non-hydrogen) atoms. The van der Waals surface area contributed by atoms with E-state index in [4.69, 9.17) is 0 Å². The van der Waals surface area contributed by atoms with Gasteiger partial charge in [0.1, 0.15) is 0 Å². The predicted octanol–water partition coefficient (Wildman–Crippen LogP) is 3.65. The molecule has 0 amide bonds. The maximum atomic E-state index is 3.46. The first-order valence-electron chi connectivity index (χ1n) is 5.86. The van der Waals surface area contributed by atoms with Crippen LogP contribution in [0.2, 0.25) is 0 Å². The number of anilines is 2. The maximum Gasteiger partial charge on any atom is 0.0421 e. The van der Waals surface area contributed by atoms with Crippen molar-refractivity contribution in [3.63, 3.8) is 0 Å². The molecule has 0 aromatic heterocycles. The average molecular weight is 226 g/mol. The van der Waals surface area contributed by atoms with Crippen molar-refractivity contribution in [1.82, 2.24) is 0 Å². The van der Waals surface area contributed by atoms with E-state index < -0.39 is 0 Å². The Balaban J connectivity index is 2.10. The summed E-state index contributed by atoms with van der Waals surface area (Å²) >= 11 is 0. The van der Waals surface area contributed by atoms with Crippen molar-refractivity contribution in [2.75, 3.05) is 17.7 Å². The van der Waals surface area contributed by atoms with Gasteiger partial charge < -0.3 is 10.6 Å². The standard InChI is InChI=1S/C15H18N2/c1-12-7-3-5-9-14(12)17-11-13-8-4-6-10-15(13)16-2/h3-10,16-17H,11H2,1-2H3. The molecule has 0 saturated carbocycles. The first-order valence-corrected chi connectivity index (χ1v) is 5.86. The fourth-order valence-electron chi connectivity index (χ4n) is 1.88. The molecule has 0 spiro atoms. The van der Waals surface area contributed by atoms with Crippen LogP contribution in [0.3, 0.4) is 0 Å². The number of rotatable bonds is 4. The molecular formula is C15H18N2. The number of benzene rings is 2. The smallest absolute Gasteiger partial charge is 0.0421 e. The Morgan fingerprint density at radius 1 is 0.882 bits per heavy atom. The zero-order valence-corrected chi connectivity index (χ0v) is 10.3. The Labute approximate surface area is 103 Å². The van der Waals surface area contributed by atoms with E-state index in [1.807, 2.05) is 13.1 Å². The topological polar surface area (TPSA) is 24.1 Å². The fourth-order valence-corrected chi connectivity index (χ4v) is 1.88. The van der Waals surface area contributed by atoms with Crippen molar-refractivity contribution in [3.05, 3.63) is 59.7 Å². The summed E-state index contributed by atoms with van der Waals surface area (Å²) in [5.74, 6) is 0. The molecule has 0 radical (unpaired) electrons. The SMILES string of the molecule is CNc1ccccc1CNc1ccccc1C. The van der Waals surface area contributed by atoms with Gasteiger partial charge in [-0.1, -0.05) is 36.4 Å². The summed E-state index contributed by atoms with van der Waals surface area (Å²) in [6.45, 7) is 2.95. The van der Waals surface area contributed by atoms with Crippen molar-refractivity contribution in [2.24, 2.45) is 0 Å². The first kappa shape index (κ1) is 11.5. The minimum Gasteiger partial charge on any atom is -0.388 e. The molecule has 88 valence electrons. The van der Waals surface area contributed by atoms with E-state index >= 15 is 0 Å². The number of hydrogen-bond acceptors (Lipinski definition) is 2. The third kappa shape index (κ3) is 2.78. The van der Waals surface area contributed by atoms with Gasteiger partial charge in [-0.25, -0.2) is 0 Å². The fraction of sp³-hybridized carbons (Fsp3) is 0.200. The number of aryl methyl sites for hydroxylation is 1. The number of hydrogen-bond donors (Lipinski definition) is 2. The molecule has 0 aliphatic heterocycles. The van der Waals surface area contributed by atoms with E-state index in [0.717, 1.165) is 6.54 Å². The van der Waals surface area contributed by atoms with Gasteiger partial charge in [0.25, 0.3) is 0 Å². The molecule has 2 aromatic rings. The lowest BCUT2D eigenvalue weighted by molar-refractivity contribution is 1.14. The minimum absolute atomic E-state index is 0.835. The van der Waals surface area contributed by atoms with Crippen LogP contribution in [0.1, 0.15) is 11.1 Å². The van der Waals surface area contributed by atoms with Gasteiger partial charge in [0.15, 0.2) is 0 Å². The van der Waals surface area contributed by atoms with E-state index in [1.165, 1.54) is 22.5 Å². The highest BCUT2D eigenvalue weighted by Gasteiger charge is 2.00. The van der Waals surface area contributed by atoms with Crippen LogP contribution in [0.25, 0.3) is 0 Å². The third-order valence-electron chi connectivity index (χ3n) is 2.90. The van der Waals surface area contributed by atoms with E-state index in [9.17, 15) is 0 Å². The van der Waals surface area contributed by atoms with Crippen molar-refractivity contribution in [1.29, 1.82) is 0 Å². The highest BCUT2D eigenvalue weighted by atomic mass is 14.9. The molecule has 0 saturated heterocycles. The molecule has 0 bridgehead atoms. The average Bonchev–Trinajstić information content (AvgIpc) is 2.38.